The van der Waals surface area contributed by atoms with Crippen molar-refractivity contribution in [1.82, 2.24) is 9.80 Å². The molecule has 9 heteroatoms. The Morgan fingerprint density at radius 2 is 1.59 bits per heavy atom. The van der Waals surface area contributed by atoms with Crippen molar-refractivity contribution < 1.29 is 22.7 Å². The second-order valence-corrected chi connectivity index (χ2v) is 11.8. The van der Waals surface area contributed by atoms with Crippen LogP contribution in [0.3, 0.4) is 0 Å². The lowest BCUT2D eigenvalue weighted by Gasteiger charge is -2.43. The van der Waals surface area contributed by atoms with Crippen LogP contribution < -0.4 is 5.73 Å². The Morgan fingerprint density at radius 3 is 2.18 bits per heavy atom. The first kappa shape index (κ1) is 23.0. The summed E-state index contributed by atoms with van der Waals surface area (Å²) < 4.78 is 29.7. The van der Waals surface area contributed by atoms with Crippen LogP contribution in [0.4, 0.5) is 0 Å². The van der Waals surface area contributed by atoms with Crippen LogP contribution in [-0.2, 0) is 25.1 Å². The van der Waals surface area contributed by atoms with E-state index in [0.29, 0.717) is 31.7 Å². The minimum Gasteiger partial charge on any atom is -0.376 e. The zero-order valence-electron chi connectivity index (χ0n) is 19.0. The number of nitrogens with zero attached hydrogens (tertiary/aromatic N) is 2. The number of rotatable bonds is 6. The molecule has 0 atom stereocenters. The molecule has 1 aliphatic carbocycles. The fourth-order valence-corrected chi connectivity index (χ4v) is 6.21. The van der Waals surface area contributed by atoms with Crippen molar-refractivity contribution in [3.63, 3.8) is 0 Å². The summed E-state index contributed by atoms with van der Waals surface area (Å²) in [5.74, 6) is -0.116. The summed E-state index contributed by atoms with van der Waals surface area (Å²) in [6, 6.07) is 14.9. The predicted molar refractivity (Wildman–Crippen MR) is 128 cm³/mol. The van der Waals surface area contributed by atoms with Crippen molar-refractivity contribution in [2.45, 2.75) is 29.4 Å². The minimum atomic E-state index is -3.07. The van der Waals surface area contributed by atoms with Crippen LogP contribution in [0.1, 0.15) is 28.8 Å². The van der Waals surface area contributed by atoms with E-state index >= 15 is 0 Å². The van der Waals surface area contributed by atoms with E-state index in [1.54, 1.807) is 21.9 Å². The molecule has 2 aromatic carbocycles. The number of carbonyl (C=O) groups is 2. The summed E-state index contributed by atoms with van der Waals surface area (Å²) in [7, 11) is -3.07. The van der Waals surface area contributed by atoms with Gasteiger partial charge in [-0.05, 0) is 41.7 Å². The molecular formula is C25H29N3O5S. The molecule has 2 aromatic rings. The van der Waals surface area contributed by atoms with E-state index in [0.717, 1.165) is 29.5 Å². The Balaban J connectivity index is 1.21. The normalized spacial score (nSPS) is 20.0. The smallest absolute Gasteiger partial charge is 0.253 e. The Labute approximate surface area is 199 Å². The monoisotopic (exact) mass is 483 g/mol. The van der Waals surface area contributed by atoms with Crippen molar-refractivity contribution in [3.05, 3.63) is 59.7 Å². The van der Waals surface area contributed by atoms with Gasteiger partial charge >= 0.3 is 0 Å². The molecule has 1 saturated carbocycles. The highest BCUT2D eigenvalue weighted by Gasteiger charge is 2.45. The molecule has 3 aliphatic rings. The molecule has 3 fully saturated rings. The van der Waals surface area contributed by atoms with Gasteiger partial charge in [-0.2, -0.15) is 0 Å². The fourth-order valence-electron chi connectivity index (χ4n) is 4.48. The zero-order chi connectivity index (χ0) is 23.9. The number of ether oxygens (including phenoxy) is 1. The molecular weight excluding hydrogens is 454 g/mol. The van der Waals surface area contributed by atoms with Gasteiger partial charge in [0.1, 0.15) is 5.54 Å². The van der Waals surface area contributed by atoms with Gasteiger partial charge in [0.2, 0.25) is 5.91 Å². The SMILES string of the molecule is NC1(C(=O)N2CCN(C(=O)c3ccc(-c4cccc(CS(=O)(=O)C5CC5)c4)cc3)CC2)COC1. The largest absolute Gasteiger partial charge is 0.376 e. The second kappa shape index (κ2) is 8.79. The third-order valence-corrected chi connectivity index (χ3v) is 9.01. The molecule has 34 heavy (non-hydrogen) atoms. The first-order chi connectivity index (χ1) is 16.2. The number of carbonyl (C=O) groups excluding carboxylic acids is 2. The van der Waals surface area contributed by atoms with Crippen molar-refractivity contribution in [1.29, 1.82) is 0 Å². The number of benzene rings is 2. The highest BCUT2D eigenvalue weighted by molar-refractivity contribution is 7.91. The van der Waals surface area contributed by atoms with Gasteiger partial charge in [0.15, 0.2) is 9.84 Å². The number of hydrogen-bond donors (Lipinski definition) is 1. The van der Waals surface area contributed by atoms with Crippen LogP contribution in [0.15, 0.2) is 48.5 Å². The second-order valence-electron chi connectivity index (χ2n) is 9.52. The minimum absolute atomic E-state index is 0.0643. The Kier molecular flexibility index (Phi) is 5.95. The van der Waals surface area contributed by atoms with E-state index in [2.05, 4.69) is 0 Å². The summed E-state index contributed by atoms with van der Waals surface area (Å²) in [6.45, 7) is 2.32. The van der Waals surface area contributed by atoms with E-state index in [4.69, 9.17) is 10.5 Å². The van der Waals surface area contributed by atoms with E-state index in [-0.39, 0.29) is 36.0 Å². The van der Waals surface area contributed by atoms with Gasteiger partial charge < -0.3 is 20.3 Å². The van der Waals surface area contributed by atoms with Gasteiger partial charge in [-0.1, -0.05) is 36.4 Å². The quantitative estimate of drug-likeness (QED) is 0.666. The molecule has 8 nitrogen and oxygen atoms in total. The Bertz CT molecular complexity index is 1200. The fraction of sp³-hybridized carbons (Fsp3) is 0.440. The third kappa shape index (κ3) is 4.60. The topological polar surface area (TPSA) is 110 Å². The summed E-state index contributed by atoms with van der Waals surface area (Å²) >= 11 is 0. The van der Waals surface area contributed by atoms with Crippen LogP contribution >= 0.6 is 0 Å². The Hall–Kier alpha value is -2.75. The lowest BCUT2D eigenvalue weighted by atomic mass is 9.96. The molecule has 0 unspecified atom stereocenters. The number of hydrogen-bond acceptors (Lipinski definition) is 6. The van der Waals surface area contributed by atoms with E-state index < -0.39 is 15.4 Å². The maximum Gasteiger partial charge on any atom is 0.253 e. The van der Waals surface area contributed by atoms with Crippen LogP contribution in [0.2, 0.25) is 0 Å². The van der Waals surface area contributed by atoms with Gasteiger partial charge in [-0.25, -0.2) is 8.42 Å². The van der Waals surface area contributed by atoms with Crippen LogP contribution in [-0.4, -0.2) is 80.2 Å². The molecule has 2 saturated heterocycles. The van der Waals surface area contributed by atoms with Crippen LogP contribution in [0, 0.1) is 0 Å². The van der Waals surface area contributed by atoms with Gasteiger partial charge in [0.25, 0.3) is 5.91 Å². The lowest BCUT2D eigenvalue weighted by Crippen LogP contribution is -2.68. The van der Waals surface area contributed by atoms with E-state index in [1.807, 2.05) is 36.4 Å². The van der Waals surface area contributed by atoms with Crippen molar-refractivity contribution in [3.8, 4) is 11.1 Å². The van der Waals surface area contributed by atoms with Gasteiger partial charge in [-0.3, -0.25) is 9.59 Å². The standard InChI is InChI=1S/C25H29N3O5S/c26-25(16-33-17-25)24(30)28-12-10-27(11-13-28)23(29)20-6-4-19(5-7-20)21-3-1-2-18(14-21)15-34(31,32)22-8-9-22/h1-7,14,22H,8-13,15-17,26H2. The number of piperazine rings is 1. The van der Waals surface area contributed by atoms with Crippen molar-refractivity contribution >= 4 is 21.7 Å². The summed E-state index contributed by atoms with van der Waals surface area (Å²) in [5, 5.41) is -0.176. The van der Waals surface area contributed by atoms with Gasteiger partial charge in [0.05, 0.1) is 24.2 Å². The average molecular weight is 484 g/mol. The number of amides is 2. The molecule has 2 aliphatic heterocycles. The van der Waals surface area contributed by atoms with Crippen molar-refractivity contribution in [2.75, 3.05) is 39.4 Å². The van der Waals surface area contributed by atoms with Gasteiger partial charge in [0, 0.05) is 31.7 Å². The first-order valence-electron chi connectivity index (χ1n) is 11.6. The highest BCUT2D eigenvalue weighted by atomic mass is 32.2. The predicted octanol–water partition coefficient (Wildman–Crippen LogP) is 1.44. The third-order valence-electron chi connectivity index (χ3n) is 6.79. The highest BCUT2D eigenvalue weighted by Crippen LogP contribution is 2.31. The molecule has 0 spiro atoms. The molecule has 180 valence electrons. The molecule has 2 N–H and O–H groups in total. The van der Waals surface area contributed by atoms with Gasteiger partial charge in [-0.15, -0.1) is 0 Å². The maximum absolute atomic E-state index is 13.0. The molecule has 0 aromatic heterocycles. The number of nitrogens with two attached hydrogens (primary N) is 1. The van der Waals surface area contributed by atoms with E-state index in [1.165, 1.54) is 0 Å². The summed E-state index contributed by atoms with van der Waals surface area (Å²) in [5.41, 5.74) is 8.35. The molecule has 5 rings (SSSR count). The molecule has 2 amide bonds. The Morgan fingerprint density at radius 1 is 0.941 bits per heavy atom. The number of sulfone groups is 1. The first-order valence-corrected chi connectivity index (χ1v) is 13.3. The van der Waals surface area contributed by atoms with E-state index in [9.17, 15) is 18.0 Å². The summed E-state index contributed by atoms with van der Waals surface area (Å²) in [4.78, 5) is 29.0. The molecule has 0 radical (unpaired) electrons. The van der Waals surface area contributed by atoms with Crippen LogP contribution in [0.5, 0.6) is 0 Å². The van der Waals surface area contributed by atoms with Crippen LogP contribution in [0.25, 0.3) is 11.1 Å². The summed E-state index contributed by atoms with van der Waals surface area (Å²) in [6.07, 6.45) is 1.54. The molecule has 2 heterocycles. The lowest BCUT2D eigenvalue weighted by molar-refractivity contribution is -0.155. The van der Waals surface area contributed by atoms with Crippen molar-refractivity contribution in [2.24, 2.45) is 5.73 Å². The zero-order valence-corrected chi connectivity index (χ0v) is 19.8. The maximum atomic E-state index is 13.0. The molecule has 0 bridgehead atoms. The average Bonchev–Trinajstić information content (AvgIpc) is 3.68.